The summed E-state index contributed by atoms with van der Waals surface area (Å²) in [5.74, 6) is 0.0650. The van der Waals surface area contributed by atoms with Gasteiger partial charge in [0.05, 0.1) is 0 Å². The molecular weight excluding hydrogens is 404 g/mol. The summed E-state index contributed by atoms with van der Waals surface area (Å²) in [5.41, 5.74) is 0.621. The molecule has 2 aromatic rings. The van der Waals surface area contributed by atoms with Crippen molar-refractivity contribution in [2.24, 2.45) is 0 Å². The summed E-state index contributed by atoms with van der Waals surface area (Å²) in [6.45, 7) is 3.71. The summed E-state index contributed by atoms with van der Waals surface area (Å²) in [7, 11) is 0. The van der Waals surface area contributed by atoms with E-state index in [1.807, 2.05) is 29.1 Å². The predicted molar refractivity (Wildman–Crippen MR) is 105 cm³/mol. The highest BCUT2D eigenvalue weighted by atomic mass is 79.9. The van der Waals surface area contributed by atoms with Gasteiger partial charge in [-0.2, -0.15) is 5.10 Å². The van der Waals surface area contributed by atoms with Crippen molar-refractivity contribution in [3.05, 3.63) is 52.8 Å². The smallest absolute Gasteiger partial charge is 0.248 e. The van der Waals surface area contributed by atoms with Crippen LogP contribution in [0.1, 0.15) is 25.3 Å². The van der Waals surface area contributed by atoms with Gasteiger partial charge in [-0.3, -0.25) is 9.48 Å². The average molecular weight is 428 g/mol. The van der Waals surface area contributed by atoms with Crippen molar-refractivity contribution in [2.45, 2.75) is 37.8 Å². The highest BCUT2D eigenvalue weighted by molar-refractivity contribution is 9.10. The fourth-order valence-electron chi connectivity index (χ4n) is 3.35. The third-order valence-electron chi connectivity index (χ3n) is 4.60. The van der Waals surface area contributed by atoms with E-state index in [1.54, 1.807) is 6.20 Å². The molecule has 2 heterocycles. The Bertz CT molecular complexity index is 686. The zero-order chi connectivity index (χ0) is 17.0. The minimum atomic E-state index is -0.583. The number of hydrogen-bond acceptors (Lipinski definition) is 3. The molecule has 1 fully saturated rings. The largest absolute Gasteiger partial charge is 0.351 e. The van der Waals surface area contributed by atoms with Crippen LogP contribution in [0.5, 0.6) is 0 Å². The van der Waals surface area contributed by atoms with Crippen LogP contribution in [0.2, 0.25) is 0 Å². The quantitative estimate of drug-likeness (QED) is 0.771. The van der Waals surface area contributed by atoms with E-state index in [4.69, 9.17) is 0 Å². The lowest BCUT2D eigenvalue weighted by Crippen LogP contribution is -2.56. The maximum absolute atomic E-state index is 13.1. The molecule has 0 saturated carbocycles. The van der Waals surface area contributed by atoms with Crippen molar-refractivity contribution in [1.82, 2.24) is 20.4 Å². The molecule has 0 spiro atoms. The molecule has 5 nitrogen and oxygen atoms in total. The van der Waals surface area contributed by atoms with E-state index in [-0.39, 0.29) is 24.4 Å². The number of halogens is 2. The van der Waals surface area contributed by atoms with Gasteiger partial charge in [0, 0.05) is 22.9 Å². The SMILES string of the molecule is CC(Cc1cccc(Br)c1)NC(=O)C1(n2cccn2)CCNCC1.Cl. The first-order valence-corrected chi connectivity index (χ1v) is 9.16. The molecule has 7 heteroatoms. The van der Waals surface area contributed by atoms with Crippen LogP contribution >= 0.6 is 28.3 Å². The van der Waals surface area contributed by atoms with Crippen LogP contribution in [0, 0.1) is 0 Å². The topological polar surface area (TPSA) is 59.0 Å². The van der Waals surface area contributed by atoms with Crippen LogP contribution in [-0.2, 0) is 16.8 Å². The maximum Gasteiger partial charge on any atom is 0.248 e. The fourth-order valence-corrected chi connectivity index (χ4v) is 3.80. The number of piperidine rings is 1. The maximum atomic E-state index is 13.1. The molecule has 1 unspecified atom stereocenters. The first-order valence-electron chi connectivity index (χ1n) is 8.36. The average Bonchev–Trinajstić information content (AvgIpc) is 3.10. The lowest BCUT2D eigenvalue weighted by Gasteiger charge is -2.37. The highest BCUT2D eigenvalue weighted by Crippen LogP contribution is 2.27. The van der Waals surface area contributed by atoms with Crippen LogP contribution in [0.25, 0.3) is 0 Å². The number of nitrogens with one attached hydrogen (secondary N) is 2. The molecule has 2 N–H and O–H groups in total. The fraction of sp³-hybridized carbons (Fsp3) is 0.444. The van der Waals surface area contributed by atoms with Crippen molar-refractivity contribution >= 4 is 34.2 Å². The van der Waals surface area contributed by atoms with Crippen LogP contribution < -0.4 is 10.6 Å². The number of benzene rings is 1. The second-order valence-electron chi connectivity index (χ2n) is 6.44. The zero-order valence-corrected chi connectivity index (χ0v) is 16.6. The van der Waals surface area contributed by atoms with Crippen molar-refractivity contribution in [3.8, 4) is 0 Å². The van der Waals surface area contributed by atoms with Gasteiger partial charge in [-0.15, -0.1) is 12.4 Å². The molecule has 3 rings (SSSR count). The zero-order valence-electron chi connectivity index (χ0n) is 14.2. The third kappa shape index (κ3) is 4.63. The van der Waals surface area contributed by atoms with Crippen LogP contribution in [-0.4, -0.2) is 34.8 Å². The molecule has 0 bridgehead atoms. The number of rotatable bonds is 5. The molecule has 1 amide bonds. The monoisotopic (exact) mass is 426 g/mol. The Morgan fingerprint density at radius 1 is 1.40 bits per heavy atom. The first-order chi connectivity index (χ1) is 11.6. The van der Waals surface area contributed by atoms with E-state index < -0.39 is 5.54 Å². The second-order valence-corrected chi connectivity index (χ2v) is 7.36. The summed E-state index contributed by atoms with van der Waals surface area (Å²) in [5, 5.41) is 10.9. The third-order valence-corrected chi connectivity index (χ3v) is 5.10. The standard InChI is InChI=1S/C18H23BrN4O.ClH/c1-14(12-15-4-2-5-16(19)13-15)22-17(24)18(6-9-20-10-7-18)23-11-3-8-21-23;/h2-5,8,11,13-14,20H,6-7,9-10,12H2,1H3,(H,22,24);1H. The van der Waals surface area contributed by atoms with E-state index in [9.17, 15) is 4.79 Å². The number of nitrogens with zero attached hydrogens (tertiary/aromatic N) is 2. The van der Waals surface area contributed by atoms with E-state index in [2.05, 4.69) is 50.7 Å². The van der Waals surface area contributed by atoms with Crippen molar-refractivity contribution in [2.75, 3.05) is 13.1 Å². The Balaban J connectivity index is 0.00000225. The van der Waals surface area contributed by atoms with Gasteiger partial charge in [0.15, 0.2) is 0 Å². The van der Waals surface area contributed by atoms with Gasteiger partial charge in [0.1, 0.15) is 5.54 Å². The summed E-state index contributed by atoms with van der Waals surface area (Å²) < 4.78 is 2.89. The van der Waals surface area contributed by atoms with Crippen molar-refractivity contribution < 1.29 is 4.79 Å². The summed E-state index contributed by atoms with van der Waals surface area (Å²) in [6.07, 6.45) is 5.94. The molecular formula is C18H24BrClN4O. The van der Waals surface area contributed by atoms with Gasteiger partial charge in [-0.1, -0.05) is 28.1 Å². The molecule has 1 aliphatic heterocycles. The normalized spacial score (nSPS) is 17.4. The molecule has 1 aromatic carbocycles. The molecule has 1 aromatic heterocycles. The van der Waals surface area contributed by atoms with Crippen LogP contribution in [0.3, 0.4) is 0 Å². The van der Waals surface area contributed by atoms with Crippen LogP contribution in [0.15, 0.2) is 47.2 Å². The summed E-state index contributed by atoms with van der Waals surface area (Å²) in [6, 6.07) is 10.1. The molecule has 0 aliphatic carbocycles. The Labute approximate surface area is 163 Å². The number of carbonyl (C=O) groups excluding carboxylic acids is 1. The van der Waals surface area contributed by atoms with E-state index in [0.29, 0.717) is 0 Å². The second kappa shape index (κ2) is 8.83. The van der Waals surface area contributed by atoms with Crippen molar-refractivity contribution in [3.63, 3.8) is 0 Å². The van der Waals surface area contributed by atoms with E-state index >= 15 is 0 Å². The highest BCUT2D eigenvalue weighted by Gasteiger charge is 2.42. The van der Waals surface area contributed by atoms with Crippen molar-refractivity contribution in [1.29, 1.82) is 0 Å². The van der Waals surface area contributed by atoms with Gasteiger partial charge in [-0.25, -0.2) is 0 Å². The Morgan fingerprint density at radius 2 is 2.16 bits per heavy atom. The molecule has 136 valence electrons. The van der Waals surface area contributed by atoms with Gasteiger partial charge >= 0.3 is 0 Å². The lowest BCUT2D eigenvalue weighted by atomic mass is 9.87. The van der Waals surface area contributed by atoms with Gasteiger partial charge in [-0.05, 0) is 63.0 Å². The van der Waals surface area contributed by atoms with Gasteiger partial charge < -0.3 is 10.6 Å². The number of aromatic nitrogens is 2. The van der Waals surface area contributed by atoms with Crippen LogP contribution in [0.4, 0.5) is 0 Å². The predicted octanol–water partition coefficient (Wildman–Crippen LogP) is 2.89. The van der Waals surface area contributed by atoms with E-state index in [1.165, 1.54) is 5.56 Å². The molecule has 1 atom stereocenters. The Morgan fingerprint density at radius 3 is 2.80 bits per heavy atom. The summed E-state index contributed by atoms with van der Waals surface area (Å²) >= 11 is 3.49. The Kier molecular flexibility index (Phi) is 7.04. The van der Waals surface area contributed by atoms with E-state index in [0.717, 1.165) is 36.8 Å². The lowest BCUT2D eigenvalue weighted by molar-refractivity contribution is -0.132. The number of amides is 1. The molecule has 1 aliphatic rings. The van der Waals surface area contributed by atoms with Gasteiger partial charge in [0.25, 0.3) is 0 Å². The van der Waals surface area contributed by atoms with Gasteiger partial charge in [0.2, 0.25) is 5.91 Å². The summed E-state index contributed by atoms with van der Waals surface area (Å²) in [4.78, 5) is 13.1. The molecule has 0 radical (unpaired) electrons. The molecule has 25 heavy (non-hydrogen) atoms. The minimum absolute atomic E-state index is 0. The number of hydrogen-bond donors (Lipinski definition) is 2. The minimum Gasteiger partial charge on any atom is -0.351 e. The number of carbonyl (C=O) groups is 1. The Hall–Kier alpha value is -1.37. The first kappa shape index (κ1) is 19.9. The molecule has 1 saturated heterocycles.